The molecule has 0 aromatic heterocycles. The van der Waals surface area contributed by atoms with Gasteiger partial charge in [0, 0.05) is 39.0 Å². The molecule has 1 aliphatic rings. The van der Waals surface area contributed by atoms with Crippen LogP contribution in [0, 0.1) is 0 Å². The molecular weight excluding hydrogens is 334 g/mol. The zero-order chi connectivity index (χ0) is 18.8. The number of ether oxygens (including phenoxy) is 1. The molecule has 1 fully saturated rings. The maximum Gasteiger partial charge on any atom is 0.410 e. The van der Waals surface area contributed by atoms with Crippen molar-refractivity contribution in [3.63, 3.8) is 0 Å². The molecule has 5 nitrogen and oxygen atoms in total. The summed E-state index contributed by atoms with van der Waals surface area (Å²) in [5.41, 5.74) is -3.31. The lowest BCUT2D eigenvalue weighted by Crippen LogP contribution is -2.52. The van der Waals surface area contributed by atoms with Crippen molar-refractivity contribution in [3.8, 4) is 0 Å². The first kappa shape index (κ1) is 20.9. The van der Waals surface area contributed by atoms with E-state index in [1.54, 1.807) is 50.2 Å². The number of carbonyl (C=O) groups excluding carboxylic acids is 2. The fourth-order valence-electron chi connectivity index (χ4n) is 2.26. The Kier molecular flexibility index (Phi) is 6.41. The number of halogens is 2. The number of piperazine rings is 1. The molecule has 0 aromatic carbocycles. The molecule has 0 spiro atoms. The number of alkyl halides is 2. The maximum atomic E-state index is 14.0. The summed E-state index contributed by atoms with van der Waals surface area (Å²) in [6, 6.07) is 0. The molecule has 0 unspecified atom stereocenters. The molecule has 0 saturated carbocycles. The van der Waals surface area contributed by atoms with Gasteiger partial charge in [-0.2, -0.15) is 0 Å². The van der Waals surface area contributed by atoms with Gasteiger partial charge in [-0.1, -0.05) is 19.6 Å². The van der Waals surface area contributed by atoms with E-state index < -0.39 is 31.7 Å². The van der Waals surface area contributed by atoms with Gasteiger partial charge in [-0.15, -0.1) is 0 Å². The second kappa shape index (κ2) is 7.37. The van der Waals surface area contributed by atoms with E-state index in [2.05, 4.69) is 0 Å². The Balaban J connectivity index is 2.45. The third kappa shape index (κ3) is 6.03. The molecule has 0 aliphatic carbocycles. The fraction of sp³-hybridized carbons (Fsp3) is 0.875. The lowest BCUT2D eigenvalue weighted by Gasteiger charge is -2.36. The van der Waals surface area contributed by atoms with Crippen molar-refractivity contribution < 1.29 is 23.1 Å². The lowest BCUT2D eigenvalue weighted by atomic mass is 10.2. The molecule has 0 N–H and O–H groups in total. The Morgan fingerprint density at radius 3 is 1.88 bits per heavy atom. The van der Waals surface area contributed by atoms with Gasteiger partial charge in [0.2, 0.25) is 11.5 Å². The molecule has 24 heavy (non-hydrogen) atoms. The molecule has 8 heteroatoms. The lowest BCUT2D eigenvalue weighted by molar-refractivity contribution is -0.134. The van der Waals surface area contributed by atoms with Crippen LogP contribution in [0.4, 0.5) is 13.6 Å². The number of rotatable bonds is 4. The highest BCUT2D eigenvalue weighted by Crippen LogP contribution is 2.31. The predicted molar refractivity (Wildman–Crippen MR) is 91.9 cm³/mol. The van der Waals surface area contributed by atoms with Crippen molar-refractivity contribution in [2.75, 3.05) is 26.2 Å². The van der Waals surface area contributed by atoms with Gasteiger partial charge >= 0.3 is 6.09 Å². The van der Waals surface area contributed by atoms with Gasteiger partial charge in [0.1, 0.15) is 13.7 Å². The Labute approximate surface area is 144 Å². The van der Waals surface area contributed by atoms with Crippen LogP contribution in [-0.4, -0.2) is 67.2 Å². The molecule has 0 radical (unpaired) electrons. The standard InChI is InChI=1S/C16H30F2N2O3Si/c1-15(2,3)23-14(22)20-11-9-19(10-12-20)13(21)7-8-16(17,18)24(4,5)6/h7-12H2,1-6H3. The summed E-state index contributed by atoms with van der Waals surface area (Å²) >= 11 is 0. The van der Waals surface area contributed by atoms with Gasteiger partial charge in [0.15, 0.2) is 0 Å². The zero-order valence-corrected chi connectivity index (χ0v) is 16.6. The summed E-state index contributed by atoms with van der Waals surface area (Å²) in [4.78, 5) is 27.2. The normalized spacial score (nSPS) is 17.0. The van der Waals surface area contributed by atoms with E-state index in [1.165, 1.54) is 0 Å². The van der Waals surface area contributed by atoms with Crippen molar-refractivity contribution in [2.45, 2.75) is 64.4 Å². The van der Waals surface area contributed by atoms with Crippen molar-refractivity contribution in [3.05, 3.63) is 0 Å². The van der Waals surface area contributed by atoms with Crippen molar-refractivity contribution in [1.82, 2.24) is 9.80 Å². The van der Waals surface area contributed by atoms with E-state index in [0.717, 1.165) is 0 Å². The van der Waals surface area contributed by atoms with Crippen LogP contribution in [0.25, 0.3) is 0 Å². The minimum absolute atomic E-state index is 0.149. The summed E-state index contributed by atoms with van der Waals surface area (Å²) in [7, 11) is -2.62. The molecule has 1 saturated heterocycles. The van der Waals surface area contributed by atoms with Crippen molar-refractivity contribution in [2.24, 2.45) is 0 Å². The maximum absolute atomic E-state index is 14.0. The Morgan fingerprint density at radius 1 is 1.00 bits per heavy atom. The van der Waals surface area contributed by atoms with Gasteiger partial charge in [-0.3, -0.25) is 4.79 Å². The number of carbonyl (C=O) groups is 2. The van der Waals surface area contributed by atoms with E-state index in [4.69, 9.17) is 4.74 Å². The fourth-order valence-corrected chi connectivity index (χ4v) is 3.14. The van der Waals surface area contributed by atoms with E-state index in [0.29, 0.717) is 26.2 Å². The summed E-state index contributed by atoms with van der Waals surface area (Å²) in [5.74, 6) is -0.267. The van der Waals surface area contributed by atoms with Crippen LogP contribution in [0.1, 0.15) is 33.6 Å². The quantitative estimate of drug-likeness (QED) is 0.719. The van der Waals surface area contributed by atoms with Crippen molar-refractivity contribution >= 4 is 20.1 Å². The monoisotopic (exact) mass is 364 g/mol. The highest BCUT2D eigenvalue weighted by molar-refractivity contribution is 6.78. The molecule has 0 atom stereocenters. The summed E-state index contributed by atoms with van der Waals surface area (Å²) < 4.78 is 33.3. The minimum Gasteiger partial charge on any atom is -0.444 e. The zero-order valence-electron chi connectivity index (χ0n) is 15.6. The van der Waals surface area contributed by atoms with E-state index in [1.807, 2.05) is 0 Å². The SMILES string of the molecule is CC(C)(C)OC(=O)N1CCN(C(=O)CCC(F)(F)[Si](C)(C)C)CC1. The molecular formula is C16H30F2N2O3Si. The minimum atomic E-state index is -2.75. The molecule has 0 aromatic rings. The Bertz CT molecular complexity index is 465. The average Bonchev–Trinajstić information content (AvgIpc) is 2.42. The second-order valence-electron chi connectivity index (χ2n) is 8.30. The Hall–Kier alpha value is -1.18. The molecule has 1 rings (SSSR count). The number of nitrogens with zero attached hydrogens (tertiary/aromatic N) is 2. The summed E-state index contributed by atoms with van der Waals surface area (Å²) in [6.07, 6.45) is -0.947. The van der Waals surface area contributed by atoms with Gasteiger partial charge < -0.3 is 14.5 Å². The van der Waals surface area contributed by atoms with E-state index in [-0.39, 0.29) is 12.3 Å². The van der Waals surface area contributed by atoms with Gasteiger partial charge in [-0.05, 0) is 20.8 Å². The average molecular weight is 365 g/mol. The van der Waals surface area contributed by atoms with Crippen LogP contribution in [-0.2, 0) is 9.53 Å². The first-order chi connectivity index (χ1) is 10.7. The number of hydrogen-bond acceptors (Lipinski definition) is 3. The third-order valence-electron chi connectivity index (χ3n) is 4.03. The number of amides is 2. The van der Waals surface area contributed by atoms with Crippen LogP contribution in [0.15, 0.2) is 0 Å². The van der Waals surface area contributed by atoms with E-state index >= 15 is 0 Å². The first-order valence-electron chi connectivity index (χ1n) is 8.36. The van der Waals surface area contributed by atoms with Crippen LogP contribution < -0.4 is 0 Å². The topological polar surface area (TPSA) is 49.9 Å². The van der Waals surface area contributed by atoms with Crippen LogP contribution >= 0.6 is 0 Å². The molecule has 2 amide bonds. The Morgan fingerprint density at radius 2 is 1.46 bits per heavy atom. The second-order valence-corrected chi connectivity index (χ2v) is 13.5. The third-order valence-corrected chi connectivity index (χ3v) is 6.48. The summed E-state index contributed by atoms with van der Waals surface area (Å²) in [6.45, 7) is 11.7. The first-order valence-corrected chi connectivity index (χ1v) is 11.9. The largest absolute Gasteiger partial charge is 0.444 e. The highest BCUT2D eigenvalue weighted by atomic mass is 28.3. The van der Waals surface area contributed by atoms with E-state index in [9.17, 15) is 18.4 Å². The molecule has 0 bridgehead atoms. The smallest absolute Gasteiger partial charge is 0.410 e. The highest BCUT2D eigenvalue weighted by Gasteiger charge is 2.44. The molecule has 1 aliphatic heterocycles. The molecule has 140 valence electrons. The van der Waals surface area contributed by atoms with Crippen LogP contribution in [0.5, 0.6) is 0 Å². The molecule has 1 heterocycles. The number of hydrogen-bond donors (Lipinski definition) is 0. The van der Waals surface area contributed by atoms with Gasteiger partial charge in [0.25, 0.3) is 0 Å². The van der Waals surface area contributed by atoms with Gasteiger partial charge in [0.05, 0.1) is 0 Å². The summed E-state index contributed by atoms with van der Waals surface area (Å²) in [5, 5.41) is 0. The van der Waals surface area contributed by atoms with Crippen LogP contribution in [0.3, 0.4) is 0 Å². The predicted octanol–water partition coefficient (Wildman–Crippen LogP) is 3.36. The van der Waals surface area contributed by atoms with Crippen LogP contribution in [0.2, 0.25) is 19.6 Å². The van der Waals surface area contributed by atoms with Gasteiger partial charge in [-0.25, -0.2) is 13.6 Å². The van der Waals surface area contributed by atoms with Crippen molar-refractivity contribution in [1.29, 1.82) is 0 Å².